The molecule has 2 atom stereocenters. The maximum absolute atomic E-state index is 12.6. The van der Waals surface area contributed by atoms with Crippen LogP contribution in [-0.2, 0) is 9.59 Å². The molecule has 4 rings (SSSR count). The maximum Gasteiger partial charge on any atom is 0.237 e. The van der Waals surface area contributed by atoms with E-state index < -0.39 is 0 Å². The molecule has 0 radical (unpaired) electrons. The van der Waals surface area contributed by atoms with Gasteiger partial charge in [-0.05, 0) is 37.1 Å². The van der Waals surface area contributed by atoms with Crippen LogP contribution in [0, 0.1) is 11.8 Å². The predicted octanol–water partition coefficient (Wildman–Crippen LogP) is -1.23. The number of benzene rings is 1. The van der Waals surface area contributed by atoms with Crippen molar-refractivity contribution in [3.8, 4) is 11.5 Å². The van der Waals surface area contributed by atoms with Crippen LogP contribution in [0.1, 0.15) is 12.8 Å². The van der Waals surface area contributed by atoms with Crippen molar-refractivity contribution in [3.05, 3.63) is 36.4 Å². The number of carbonyl (C=O) groups is 2. The number of piperazine rings is 1. The average Bonchev–Trinajstić information content (AvgIpc) is 3.00. The van der Waals surface area contributed by atoms with E-state index in [1.807, 2.05) is 36.4 Å². The summed E-state index contributed by atoms with van der Waals surface area (Å²) in [4.78, 5) is 29.6. The first-order valence-electron chi connectivity index (χ1n) is 10.6. The van der Waals surface area contributed by atoms with Gasteiger partial charge in [-0.1, -0.05) is 12.2 Å². The Morgan fingerprint density at radius 2 is 1.45 bits per heavy atom. The second kappa shape index (κ2) is 8.97. The van der Waals surface area contributed by atoms with Crippen LogP contribution >= 0.6 is 0 Å². The largest absolute Gasteiger partial charge is 0.497 e. The Kier molecular flexibility index (Phi) is 6.16. The molecule has 3 aliphatic rings. The summed E-state index contributed by atoms with van der Waals surface area (Å²) in [6.45, 7) is 6.18. The molecule has 1 aromatic rings. The first-order valence-corrected chi connectivity index (χ1v) is 10.6. The lowest BCUT2D eigenvalue weighted by atomic mass is 9.85. The van der Waals surface area contributed by atoms with Crippen LogP contribution in [0.25, 0.3) is 0 Å². The molecule has 29 heavy (non-hydrogen) atoms. The minimum atomic E-state index is -0.117. The van der Waals surface area contributed by atoms with E-state index in [1.165, 1.54) is 14.7 Å². The molecular weight excluding hydrogens is 370 g/mol. The summed E-state index contributed by atoms with van der Waals surface area (Å²) in [5, 5.41) is 0. The highest BCUT2D eigenvalue weighted by Gasteiger charge is 2.48. The summed E-state index contributed by atoms with van der Waals surface area (Å²) >= 11 is 0. The highest BCUT2D eigenvalue weighted by atomic mass is 16.5. The van der Waals surface area contributed by atoms with Crippen LogP contribution in [0.5, 0.6) is 11.5 Å². The summed E-state index contributed by atoms with van der Waals surface area (Å²) in [6, 6.07) is 7.65. The number of nitrogens with zero attached hydrogens (tertiary/aromatic N) is 1. The molecule has 7 nitrogen and oxygen atoms in total. The molecule has 0 spiro atoms. The summed E-state index contributed by atoms with van der Waals surface area (Å²) in [7, 11) is 1.65. The Morgan fingerprint density at radius 3 is 2.03 bits per heavy atom. The third-order valence-corrected chi connectivity index (χ3v) is 6.43. The van der Waals surface area contributed by atoms with E-state index in [1.54, 1.807) is 7.11 Å². The molecule has 0 unspecified atom stereocenters. The molecule has 0 saturated carbocycles. The molecule has 2 N–H and O–H groups in total. The first-order chi connectivity index (χ1) is 14.2. The lowest BCUT2D eigenvalue weighted by molar-refractivity contribution is -1.01. The second-order valence-corrected chi connectivity index (χ2v) is 8.19. The quantitative estimate of drug-likeness (QED) is 0.444. The van der Waals surface area contributed by atoms with Crippen molar-refractivity contribution < 1.29 is 28.9 Å². The normalized spacial score (nSPS) is 29.1. The number of hydrogen-bond acceptors (Lipinski definition) is 4. The number of hydrogen-bond donors (Lipinski definition) is 2. The van der Waals surface area contributed by atoms with Crippen molar-refractivity contribution in [2.45, 2.75) is 12.8 Å². The molecule has 2 aliphatic heterocycles. The predicted molar refractivity (Wildman–Crippen MR) is 107 cm³/mol. The highest BCUT2D eigenvalue weighted by Crippen LogP contribution is 2.34. The molecule has 1 aromatic carbocycles. The summed E-state index contributed by atoms with van der Waals surface area (Å²) in [5.74, 6) is 1.53. The average molecular weight is 402 g/mol. The van der Waals surface area contributed by atoms with Gasteiger partial charge in [0.1, 0.15) is 50.8 Å². The van der Waals surface area contributed by atoms with Gasteiger partial charge in [-0.2, -0.15) is 0 Å². The van der Waals surface area contributed by atoms with Gasteiger partial charge in [0.25, 0.3) is 0 Å². The van der Waals surface area contributed by atoms with Gasteiger partial charge in [-0.25, -0.2) is 4.90 Å². The van der Waals surface area contributed by atoms with E-state index in [0.717, 1.165) is 44.2 Å². The van der Waals surface area contributed by atoms with Gasteiger partial charge in [0, 0.05) is 0 Å². The molecule has 0 aromatic heterocycles. The zero-order valence-electron chi connectivity index (χ0n) is 17.1. The number of fused-ring (bicyclic) bond motifs is 1. The smallest absolute Gasteiger partial charge is 0.237 e. The molecule has 2 saturated heterocycles. The molecule has 2 amide bonds. The third-order valence-electron chi connectivity index (χ3n) is 6.43. The van der Waals surface area contributed by atoms with Gasteiger partial charge < -0.3 is 19.3 Å². The van der Waals surface area contributed by atoms with Gasteiger partial charge in [0.05, 0.1) is 18.9 Å². The van der Waals surface area contributed by atoms with Gasteiger partial charge in [0.2, 0.25) is 11.8 Å². The Balaban J connectivity index is 1.19. The topological polar surface area (TPSA) is 64.7 Å². The van der Waals surface area contributed by atoms with Crippen LogP contribution < -0.4 is 19.3 Å². The molecule has 2 fully saturated rings. The fourth-order valence-corrected chi connectivity index (χ4v) is 4.60. The van der Waals surface area contributed by atoms with Crippen molar-refractivity contribution in [1.82, 2.24) is 4.90 Å². The van der Waals surface area contributed by atoms with Crippen LogP contribution in [-0.4, -0.2) is 69.8 Å². The second-order valence-electron chi connectivity index (χ2n) is 8.19. The number of quaternary nitrogens is 2. The standard InChI is InChI=1S/C22H29N3O4/c1-28-17-6-8-18(9-7-17)29-15-14-23-10-12-24(13-11-23)16-25-21(26)19-4-2-3-5-20(19)22(25)27/h2-3,6-9,19-20H,4-5,10-16H2,1H3/p+2/t19-,20-/m1/s1. The van der Waals surface area contributed by atoms with Crippen LogP contribution in [0.4, 0.5) is 0 Å². The third kappa shape index (κ3) is 4.46. The number of carbonyl (C=O) groups excluding carboxylic acids is 2. The minimum Gasteiger partial charge on any atom is -0.497 e. The van der Waals surface area contributed by atoms with Crippen molar-refractivity contribution in [2.24, 2.45) is 11.8 Å². The number of rotatable bonds is 7. The highest BCUT2D eigenvalue weighted by molar-refractivity contribution is 6.05. The van der Waals surface area contributed by atoms with Gasteiger partial charge >= 0.3 is 0 Å². The number of allylic oxidation sites excluding steroid dienone is 2. The summed E-state index contributed by atoms with van der Waals surface area (Å²) < 4.78 is 11.0. The minimum absolute atomic E-state index is 0.0412. The van der Waals surface area contributed by atoms with E-state index in [0.29, 0.717) is 26.1 Å². The Bertz CT molecular complexity index is 730. The Hall–Kier alpha value is -2.38. The van der Waals surface area contributed by atoms with Crippen molar-refractivity contribution in [3.63, 3.8) is 0 Å². The molecule has 0 bridgehead atoms. The SMILES string of the molecule is COc1ccc(OCC[NH+]2CC[NH+](CN3C(=O)[C@@H]4CC=CC[C@H]4C3=O)CC2)cc1. The molecule has 1 aliphatic carbocycles. The van der Waals surface area contributed by atoms with Crippen molar-refractivity contribution >= 4 is 11.8 Å². The Labute approximate surface area is 171 Å². The van der Waals surface area contributed by atoms with E-state index in [9.17, 15) is 9.59 Å². The van der Waals surface area contributed by atoms with Gasteiger partial charge in [-0.3, -0.25) is 9.59 Å². The van der Waals surface area contributed by atoms with Crippen molar-refractivity contribution in [2.75, 3.05) is 53.1 Å². The molecular formula is C22H31N3O4+2. The zero-order chi connectivity index (χ0) is 20.2. The number of amides is 2. The number of nitrogens with one attached hydrogen (secondary N) is 2. The fraction of sp³-hybridized carbons (Fsp3) is 0.545. The lowest BCUT2D eigenvalue weighted by Gasteiger charge is -2.31. The summed E-state index contributed by atoms with van der Waals surface area (Å²) in [6.07, 6.45) is 5.51. The van der Waals surface area contributed by atoms with Crippen LogP contribution in [0.2, 0.25) is 0 Å². The molecule has 7 heteroatoms. The van der Waals surface area contributed by atoms with Gasteiger partial charge in [0.15, 0.2) is 6.67 Å². The van der Waals surface area contributed by atoms with E-state index in [2.05, 4.69) is 0 Å². The molecule has 2 heterocycles. The maximum atomic E-state index is 12.6. The van der Waals surface area contributed by atoms with E-state index >= 15 is 0 Å². The first kappa shape index (κ1) is 19.9. The van der Waals surface area contributed by atoms with E-state index in [4.69, 9.17) is 9.47 Å². The van der Waals surface area contributed by atoms with Crippen molar-refractivity contribution in [1.29, 1.82) is 0 Å². The zero-order valence-corrected chi connectivity index (χ0v) is 17.1. The number of methoxy groups -OCH3 is 1. The Morgan fingerprint density at radius 1 is 0.897 bits per heavy atom. The number of ether oxygens (including phenoxy) is 2. The summed E-state index contributed by atoms with van der Waals surface area (Å²) in [5.41, 5.74) is 0. The number of imide groups is 1. The van der Waals surface area contributed by atoms with Crippen LogP contribution in [0.3, 0.4) is 0 Å². The molecule has 156 valence electrons. The van der Waals surface area contributed by atoms with E-state index in [-0.39, 0.29) is 23.7 Å². The monoisotopic (exact) mass is 401 g/mol. The number of likely N-dealkylation sites (tertiary alicyclic amines) is 1. The fourth-order valence-electron chi connectivity index (χ4n) is 4.60. The lowest BCUT2D eigenvalue weighted by Crippen LogP contribution is -3.28. The van der Waals surface area contributed by atoms with Gasteiger partial charge in [-0.15, -0.1) is 0 Å². The van der Waals surface area contributed by atoms with Crippen LogP contribution in [0.15, 0.2) is 36.4 Å².